The molecule has 98 valence electrons. The average Bonchev–Trinajstić information content (AvgIpc) is 2.23. The largest absolute Gasteiger partial charge is 0.363 e. The minimum absolute atomic E-state index is 0.00533. The number of halogens is 1. The summed E-state index contributed by atoms with van der Waals surface area (Å²) in [6.07, 6.45) is 1.89. The summed E-state index contributed by atoms with van der Waals surface area (Å²) in [5.41, 5.74) is 1.80. The third-order valence-corrected chi connectivity index (χ3v) is 3.42. The summed E-state index contributed by atoms with van der Waals surface area (Å²) in [7, 11) is 0. The van der Waals surface area contributed by atoms with Crippen LogP contribution in [0.2, 0.25) is 0 Å². The molecule has 1 aromatic rings. The van der Waals surface area contributed by atoms with Crippen molar-refractivity contribution >= 4 is 27.4 Å². The van der Waals surface area contributed by atoms with E-state index in [1.807, 2.05) is 24.3 Å². The fourth-order valence-electron chi connectivity index (χ4n) is 1.85. The highest BCUT2D eigenvalue weighted by molar-refractivity contribution is 9.10. The first-order valence-electron chi connectivity index (χ1n) is 5.96. The molecule has 0 amide bonds. The number of carbonyl (C=O) groups excluding carboxylic acids is 1. The van der Waals surface area contributed by atoms with Gasteiger partial charge < -0.3 is 4.90 Å². The van der Waals surface area contributed by atoms with Gasteiger partial charge in [-0.3, -0.25) is 4.79 Å². The third kappa shape index (κ3) is 3.45. The van der Waals surface area contributed by atoms with Gasteiger partial charge in [0.25, 0.3) is 0 Å². The first kappa shape index (κ1) is 15.0. The van der Waals surface area contributed by atoms with Crippen LogP contribution in [-0.4, -0.2) is 17.9 Å². The highest BCUT2D eigenvalue weighted by atomic mass is 79.9. The highest BCUT2D eigenvalue weighted by Gasteiger charge is 2.21. The maximum atomic E-state index is 11.4. The number of carbonyl (C=O) groups is 1. The highest BCUT2D eigenvalue weighted by Crippen LogP contribution is 2.28. The Balaban J connectivity index is 3.19. The van der Waals surface area contributed by atoms with Crippen LogP contribution in [-0.2, 0) is 0 Å². The van der Waals surface area contributed by atoms with Crippen LogP contribution in [0.15, 0.2) is 35.3 Å². The molecule has 0 aliphatic rings. The molecule has 0 aromatic heterocycles. The van der Waals surface area contributed by atoms with Crippen molar-refractivity contribution in [3.63, 3.8) is 0 Å². The second kappa shape index (κ2) is 5.70. The minimum atomic E-state index is 0.00533. The quantitative estimate of drug-likeness (QED) is 0.605. The summed E-state index contributed by atoms with van der Waals surface area (Å²) in [5, 5.41) is 0. The SMILES string of the molecule is C=CCN(c1ccc(C(C)=O)c(Br)c1)C(C)(C)C. The van der Waals surface area contributed by atoms with Crippen molar-refractivity contribution in [3.8, 4) is 0 Å². The third-order valence-electron chi connectivity index (χ3n) is 2.77. The van der Waals surface area contributed by atoms with Crippen molar-refractivity contribution in [2.75, 3.05) is 11.4 Å². The van der Waals surface area contributed by atoms with Gasteiger partial charge in [-0.15, -0.1) is 6.58 Å². The van der Waals surface area contributed by atoms with Crippen molar-refractivity contribution < 1.29 is 4.79 Å². The molecule has 0 saturated carbocycles. The molecule has 0 unspecified atom stereocenters. The summed E-state index contributed by atoms with van der Waals surface area (Å²) in [4.78, 5) is 13.7. The van der Waals surface area contributed by atoms with Crippen molar-refractivity contribution in [1.29, 1.82) is 0 Å². The number of benzene rings is 1. The van der Waals surface area contributed by atoms with Gasteiger partial charge >= 0.3 is 0 Å². The Kier molecular flexibility index (Phi) is 4.74. The molecule has 0 heterocycles. The maximum Gasteiger partial charge on any atom is 0.160 e. The number of nitrogens with zero attached hydrogens (tertiary/aromatic N) is 1. The zero-order valence-electron chi connectivity index (χ0n) is 11.5. The maximum absolute atomic E-state index is 11.4. The molecule has 3 heteroatoms. The van der Waals surface area contributed by atoms with Gasteiger partial charge in [0.15, 0.2) is 5.78 Å². The zero-order valence-corrected chi connectivity index (χ0v) is 13.0. The predicted molar refractivity (Wildman–Crippen MR) is 81.4 cm³/mol. The van der Waals surface area contributed by atoms with Gasteiger partial charge in [0, 0.05) is 27.8 Å². The molecule has 2 nitrogen and oxygen atoms in total. The summed E-state index contributed by atoms with van der Waals surface area (Å²) in [6.45, 7) is 12.6. The first-order valence-corrected chi connectivity index (χ1v) is 6.75. The Labute approximate surface area is 118 Å². The standard InChI is InChI=1S/C15H20BrNO/c1-6-9-17(15(3,4)5)12-7-8-13(11(2)18)14(16)10-12/h6-8,10H,1,9H2,2-5H3. The van der Waals surface area contributed by atoms with Crippen LogP contribution >= 0.6 is 15.9 Å². The molecule has 0 fully saturated rings. The van der Waals surface area contributed by atoms with Crippen LogP contribution in [0.4, 0.5) is 5.69 Å². The lowest BCUT2D eigenvalue weighted by atomic mass is 10.0. The Hall–Kier alpha value is -1.09. The predicted octanol–water partition coefficient (Wildman–Crippen LogP) is 4.44. The van der Waals surface area contributed by atoms with Gasteiger partial charge in [0.2, 0.25) is 0 Å². The molecule has 0 radical (unpaired) electrons. The Morgan fingerprint density at radius 2 is 2.06 bits per heavy atom. The van der Waals surface area contributed by atoms with Gasteiger partial charge in [-0.25, -0.2) is 0 Å². The number of hydrogen-bond donors (Lipinski definition) is 0. The normalized spacial score (nSPS) is 11.2. The molecule has 0 saturated heterocycles. The van der Waals surface area contributed by atoms with E-state index >= 15 is 0 Å². The molecule has 18 heavy (non-hydrogen) atoms. The van der Waals surface area contributed by atoms with E-state index in [4.69, 9.17) is 0 Å². The van der Waals surface area contributed by atoms with E-state index in [1.54, 1.807) is 6.92 Å². The summed E-state index contributed by atoms with van der Waals surface area (Å²) in [6, 6.07) is 5.84. The molecule has 1 aromatic carbocycles. The Bertz CT molecular complexity index is 460. The van der Waals surface area contributed by atoms with Crippen molar-refractivity contribution in [1.82, 2.24) is 0 Å². The minimum Gasteiger partial charge on any atom is -0.363 e. The lowest BCUT2D eigenvalue weighted by Crippen LogP contribution is -2.41. The van der Waals surface area contributed by atoms with Crippen LogP contribution < -0.4 is 4.90 Å². The van der Waals surface area contributed by atoms with Gasteiger partial charge in [0.05, 0.1) is 0 Å². The number of Topliss-reactive ketones (excluding diaryl/α,β-unsaturated/α-hetero) is 1. The molecule has 0 spiro atoms. The van der Waals surface area contributed by atoms with E-state index in [1.165, 1.54) is 0 Å². The van der Waals surface area contributed by atoms with E-state index in [0.29, 0.717) is 5.56 Å². The fourth-order valence-corrected chi connectivity index (χ4v) is 2.50. The second-order valence-electron chi connectivity index (χ2n) is 5.29. The zero-order chi connectivity index (χ0) is 13.9. The van der Waals surface area contributed by atoms with Gasteiger partial charge in [-0.1, -0.05) is 6.08 Å². The number of hydrogen-bond acceptors (Lipinski definition) is 2. The first-order chi connectivity index (χ1) is 8.27. The van der Waals surface area contributed by atoms with Crippen molar-refractivity contribution in [2.24, 2.45) is 0 Å². The Morgan fingerprint density at radius 1 is 1.44 bits per heavy atom. The average molecular weight is 310 g/mol. The fraction of sp³-hybridized carbons (Fsp3) is 0.400. The number of anilines is 1. The molecule has 0 aliphatic heterocycles. The number of ketones is 1. The lowest BCUT2D eigenvalue weighted by Gasteiger charge is -2.37. The molecule has 0 N–H and O–H groups in total. The molecule has 0 atom stereocenters. The Morgan fingerprint density at radius 3 is 2.44 bits per heavy atom. The van der Waals surface area contributed by atoms with Crippen LogP contribution in [0.3, 0.4) is 0 Å². The van der Waals surface area contributed by atoms with Crippen molar-refractivity contribution in [2.45, 2.75) is 33.2 Å². The van der Waals surface area contributed by atoms with Gasteiger partial charge in [0.1, 0.15) is 0 Å². The summed E-state index contributed by atoms with van der Waals surface area (Å²) in [5.74, 6) is 0.0689. The topological polar surface area (TPSA) is 20.3 Å². The van der Waals surface area contributed by atoms with E-state index in [2.05, 4.69) is 48.2 Å². The van der Waals surface area contributed by atoms with Crippen LogP contribution in [0.25, 0.3) is 0 Å². The van der Waals surface area contributed by atoms with Crippen LogP contribution in [0.5, 0.6) is 0 Å². The van der Waals surface area contributed by atoms with E-state index in [0.717, 1.165) is 16.7 Å². The molecule has 0 aliphatic carbocycles. The smallest absolute Gasteiger partial charge is 0.160 e. The lowest BCUT2D eigenvalue weighted by molar-refractivity contribution is 0.101. The van der Waals surface area contributed by atoms with Crippen LogP contribution in [0, 0.1) is 0 Å². The van der Waals surface area contributed by atoms with Crippen LogP contribution in [0.1, 0.15) is 38.1 Å². The van der Waals surface area contributed by atoms with E-state index in [9.17, 15) is 4.79 Å². The summed E-state index contributed by atoms with van der Waals surface area (Å²) >= 11 is 3.46. The van der Waals surface area contributed by atoms with Crippen molar-refractivity contribution in [3.05, 3.63) is 40.9 Å². The molecule has 1 rings (SSSR count). The van der Waals surface area contributed by atoms with E-state index < -0.39 is 0 Å². The molecular weight excluding hydrogens is 290 g/mol. The summed E-state index contributed by atoms with van der Waals surface area (Å²) < 4.78 is 0.839. The molecule has 0 bridgehead atoms. The molecular formula is C15H20BrNO. The monoisotopic (exact) mass is 309 g/mol. The number of rotatable bonds is 4. The second-order valence-corrected chi connectivity index (χ2v) is 6.14. The van der Waals surface area contributed by atoms with Gasteiger partial charge in [-0.05, 0) is 61.8 Å². The van der Waals surface area contributed by atoms with E-state index in [-0.39, 0.29) is 11.3 Å². The van der Waals surface area contributed by atoms with Gasteiger partial charge in [-0.2, -0.15) is 0 Å².